The van der Waals surface area contributed by atoms with Crippen LogP contribution in [0.15, 0.2) is 23.0 Å². The van der Waals surface area contributed by atoms with E-state index in [4.69, 9.17) is 23.2 Å². The molecular weight excluding hydrogens is 411 g/mol. The Labute approximate surface area is 152 Å². The van der Waals surface area contributed by atoms with E-state index in [0.29, 0.717) is 16.7 Å². The standard InChI is InChI=1S/C14H9Cl2F6N3O/c1-24(2)12-23-9(14(20,21)22)5-10(26)25(12)11-7(15)3-6(4-8(11)16)13(17,18)19/h3-5H,1-2H3. The quantitative estimate of drug-likeness (QED) is 0.665. The lowest BCUT2D eigenvalue weighted by atomic mass is 10.2. The highest BCUT2D eigenvalue weighted by molar-refractivity contribution is 6.38. The van der Waals surface area contributed by atoms with E-state index in [1.807, 2.05) is 0 Å². The molecule has 0 spiro atoms. The summed E-state index contributed by atoms with van der Waals surface area (Å²) in [5.41, 5.74) is -4.24. The first kappa shape index (κ1) is 20.4. The summed E-state index contributed by atoms with van der Waals surface area (Å²) in [6.45, 7) is 0. The summed E-state index contributed by atoms with van der Waals surface area (Å²) in [5.74, 6) is -0.506. The number of halogens is 8. The Kier molecular flexibility index (Phi) is 5.22. The largest absolute Gasteiger partial charge is 0.433 e. The molecule has 0 saturated carbocycles. The smallest absolute Gasteiger partial charge is 0.348 e. The van der Waals surface area contributed by atoms with E-state index in [1.54, 1.807) is 0 Å². The summed E-state index contributed by atoms with van der Waals surface area (Å²) < 4.78 is 77.7. The predicted octanol–water partition coefficient (Wildman–Crippen LogP) is 4.64. The van der Waals surface area contributed by atoms with Crippen LogP contribution in [0.2, 0.25) is 10.0 Å². The Morgan fingerprint density at radius 1 is 0.962 bits per heavy atom. The van der Waals surface area contributed by atoms with Gasteiger partial charge in [0.1, 0.15) is 0 Å². The van der Waals surface area contributed by atoms with Crippen LogP contribution in [-0.2, 0) is 12.4 Å². The van der Waals surface area contributed by atoms with E-state index in [0.717, 1.165) is 4.90 Å². The first-order chi connectivity index (χ1) is 11.7. The van der Waals surface area contributed by atoms with Crippen LogP contribution in [-0.4, -0.2) is 23.6 Å². The van der Waals surface area contributed by atoms with E-state index in [9.17, 15) is 31.1 Å². The number of alkyl halides is 6. The number of nitrogens with zero attached hydrogens (tertiary/aromatic N) is 3. The summed E-state index contributed by atoms with van der Waals surface area (Å²) in [7, 11) is 2.59. The van der Waals surface area contributed by atoms with Gasteiger partial charge in [-0.2, -0.15) is 26.3 Å². The maximum Gasteiger partial charge on any atom is 0.433 e. The molecule has 0 unspecified atom stereocenters. The lowest BCUT2D eigenvalue weighted by Crippen LogP contribution is -2.30. The Morgan fingerprint density at radius 3 is 1.85 bits per heavy atom. The van der Waals surface area contributed by atoms with E-state index in [2.05, 4.69) is 4.98 Å². The summed E-state index contributed by atoms with van der Waals surface area (Å²) in [4.78, 5) is 16.7. The van der Waals surface area contributed by atoms with Crippen molar-refractivity contribution in [2.24, 2.45) is 0 Å². The van der Waals surface area contributed by atoms with E-state index in [1.165, 1.54) is 14.1 Å². The van der Waals surface area contributed by atoms with Crippen molar-refractivity contribution in [2.45, 2.75) is 12.4 Å². The van der Waals surface area contributed by atoms with Crippen molar-refractivity contribution in [2.75, 3.05) is 19.0 Å². The highest BCUT2D eigenvalue weighted by Crippen LogP contribution is 2.38. The van der Waals surface area contributed by atoms with Crippen LogP contribution in [0.25, 0.3) is 5.69 Å². The minimum Gasteiger partial charge on any atom is -0.348 e. The topological polar surface area (TPSA) is 38.1 Å². The van der Waals surface area contributed by atoms with Gasteiger partial charge in [-0.05, 0) is 12.1 Å². The Bertz CT molecular complexity index is 882. The molecule has 26 heavy (non-hydrogen) atoms. The maximum atomic E-state index is 12.9. The van der Waals surface area contributed by atoms with Crippen molar-refractivity contribution in [1.82, 2.24) is 9.55 Å². The third-order valence-electron chi connectivity index (χ3n) is 3.16. The lowest BCUT2D eigenvalue weighted by molar-refractivity contribution is -0.141. The van der Waals surface area contributed by atoms with Crippen LogP contribution in [0.1, 0.15) is 11.3 Å². The van der Waals surface area contributed by atoms with Gasteiger partial charge < -0.3 is 4.90 Å². The molecule has 2 rings (SSSR count). The number of anilines is 1. The third kappa shape index (κ3) is 3.90. The Hall–Kier alpha value is -1.94. The normalized spacial score (nSPS) is 12.4. The molecule has 0 fully saturated rings. The molecule has 0 aliphatic rings. The van der Waals surface area contributed by atoms with Crippen LogP contribution >= 0.6 is 23.2 Å². The molecule has 0 radical (unpaired) electrons. The second-order valence-electron chi connectivity index (χ2n) is 5.29. The van der Waals surface area contributed by atoms with Crippen LogP contribution in [0.3, 0.4) is 0 Å². The number of aromatic nitrogens is 2. The second-order valence-corrected chi connectivity index (χ2v) is 6.11. The molecule has 0 aliphatic heterocycles. The molecule has 1 aromatic heterocycles. The summed E-state index contributed by atoms with van der Waals surface area (Å²) in [5, 5.41) is -1.15. The summed E-state index contributed by atoms with van der Waals surface area (Å²) in [6.07, 6.45) is -9.64. The van der Waals surface area contributed by atoms with Gasteiger partial charge in [0.2, 0.25) is 5.95 Å². The van der Waals surface area contributed by atoms with Crippen LogP contribution in [0, 0.1) is 0 Å². The summed E-state index contributed by atoms with van der Waals surface area (Å²) in [6, 6.07) is 1.25. The van der Waals surface area contributed by atoms with Crippen molar-refractivity contribution in [3.8, 4) is 5.69 Å². The third-order valence-corrected chi connectivity index (χ3v) is 3.74. The SMILES string of the molecule is CN(C)c1nc(C(F)(F)F)cc(=O)n1-c1c(Cl)cc(C(F)(F)F)cc1Cl. The molecular formula is C14H9Cl2F6N3O. The van der Waals surface area contributed by atoms with Gasteiger partial charge in [-0.15, -0.1) is 0 Å². The minimum absolute atomic E-state index is 0.206. The molecule has 2 aromatic rings. The lowest BCUT2D eigenvalue weighted by Gasteiger charge is -2.21. The van der Waals surface area contributed by atoms with Gasteiger partial charge in [0.25, 0.3) is 5.56 Å². The van der Waals surface area contributed by atoms with Gasteiger partial charge in [-0.1, -0.05) is 23.2 Å². The first-order valence-electron chi connectivity index (χ1n) is 6.68. The van der Waals surface area contributed by atoms with Crippen molar-refractivity contribution < 1.29 is 26.3 Å². The zero-order chi connectivity index (χ0) is 20.0. The molecule has 0 N–H and O–H groups in total. The fourth-order valence-corrected chi connectivity index (χ4v) is 2.72. The molecule has 1 aromatic carbocycles. The Balaban J connectivity index is 2.83. The predicted molar refractivity (Wildman–Crippen MR) is 84.2 cm³/mol. The van der Waals surface area contributed by atoms with Crippen LogP contribution in [0.5, 0.6) is 0 Å². The fourth-order valence-electron chi connectivity index (χ4n) is 2.07. The number of rotatable bonds is 2. The first-order valence-corrected chi connectivity index (χ1v) is 7.44. The number of hydrogen-bond acceptors (Lipinski definition) is 3. The number of benzene rings is 1. The van der Waals surface area contributed by atoms with Crippen molar-refractivity contribution in [3.63, 3.8) is 0 Å². The Morgan fingerprint density at radius 2 is 1.46 bits per heavy atom. The van der Waals surface area contributed by atoms with Gasteiger partial charge >= 0.3 is 12.4 Å². The highest BCUT2D eigenvalue weighted by atomic mass is 35.5. The van der Waals surface area contributed by atoms with Gasteiger partial charge in [0, 0.05) is 20.2 Å². The molecule has 0 aliphatic carbocycles. The molecule has 0 amide bonds. The van der Waals surface area contributed by atoms with Crippen molar-refractivity contribution >= 4 is 29.2 Å². The highest BCUT2D eigenvalue weighted by Gasteiger charge is 2.36. The van der Waals surface area contributed by atoms with Gasteiger partial charge in [-0.3, -0.25) is 4.79 Å². The van der Waals surface area contributed by atoms with Gasteiger partial charge in [0.05, 0.1) is 21.3 Å². The molecule has 4 nitrogen and oxygen atoms in total. The molecule has 1 heterocycles. The molecule has 0 bridgehead atoms. The average Bonchev–Trinajstić information content (AvgIpc) is 2.45. The molecule has 142 valence electrons. The van der Waals surface area contributed by atoms with Crippen molar-refractivity contribution in [3.05, 3.63) is 49.9 Å². The van der Waals surface area contributed by atoms with Crippen LogP contribution in [0.4, 0.5) is 32.3 Å². The second kappa shape index (κ2) is 6.66. The zero-order valence-electron chi connectivity index (χ0n) is 13.0. The summed E-state index contributed by atoms with van der Waals surface area (Å²) >= 11 is 11.7. The van der Waals surface area contributed by atoms with Crippen LogP contribution < -0.4 is 10.5 Å². The minimum atomic E-state index is -4.89. The maximum absolute atomic E-state index is 12.9. The zero-order valence-corrected chi connectivity index (χ0v) is 14.5. The van der Waals surface area contributed by atoms with Gasteiger partial charge in [0.15, 0.2) is 5.69 Å². The molecule has 0 atom stereocenters. The van der Waals surface area contributed by atoms with E-state index >= 15 is 0 Å². The molecule has 12 heteroatoms. The monoisotopic (exact) mass is 419 g/mol. The fraction of sp³-hybridized carbons (Fsp3) is 0.286. The van der Waals surface area contributed by atoms with E-state index in [-0.39, 0.29) is 6.07 Å². The number of hydrogen-bond donors (Lipinski definition) is 0. The van der Waals surface area contributed by atoms with Gasteiger partial charge in [-0.25, -0.2) is 9.55 Å². The van der Waals surface area contributed by atoms with Crippen molar-refractivity contribution in [1.29, 1.82) is 0 Å². The van der Waals surface area contributed by atoms with E-state index < -0.39 is 50.9 Å². The average molecular weight is 420 g/mol. The molecule has 0 saturated heterocycles.